The number of rotatable bonds is 7. The number of aliphatic imine (C=N–C) groups is 1. The Balaban J connectivity index is 2.27. The van der Waals surface area contributed by atoms with Crippen molar-refractivity contribution in [3.8, 4) is 0 Å². The molecule has 4 nitrogen and oxygen atoms in total. The summed E-state index contributed by atoms with van der Waals surface area (Å²) in [5, 5.41) is 0. The van der Waals surface area contributed by atoms with E-state index in [2.05, 4.69) is 44.7 Å². The first-order valence-electron chi connectivity index (χ1n) is 11.0. The van der Waals surface area contributed by atoms with Crippen LogP contribution in [0.3, 0.4) is 0 Å². The minimum atomic E-state index is 0.0757. The zero-order chi connectivity index (χ0) is 20.7. The fraction of sp³-hybridized carbons (Fsp3) is 0.667. The van der Waals surface area contributed by atoms with Gasteiger partial charge in [-0.2, -0.15) is 0 Å². The summed E-state index contributed by atoms with van der Waals surface area (Å²) in [6, 6.07) is 0. The van der Waals surface area contributed by atoms with Gasteiger partial charge in [-0.15, -0.1) is 0 Å². The lowest BCUT2D eigenvalue weighted by atomic mass is 9.75. The second-order valence-electron chi connectivity index (χ2n) is 8.31. The van der Waals surface area contributed by atoms with Crippen LogP contribution in [-0.2, 0) is 4.79 Å². The fourth-order valence-electron chi connectivity index (χ4n) is 4.10. The molecular weight excluding hydrogens is 346 g/mol. The Morgan fingerprint density at radius 2 is 1.71 bits per heavy atom. The van der Waals surface area contributed by atoms with Gasteiger partial charge in [0.2, 0.25) is 5.91 Å². The molecule has 1 saturated heterocycles. The molecule has 0 bridgehead atoms. The maximum absolute atomic E-state index is 12.3. The Hall–Kier alpha value is -1.84. The Morgan fingerprint density at radius 1 is 1.11 bits per heavy atom. The smallest absolute Gasteiger partial charge is 0.225 e. The normalized spacial score (nSPS) is 20.7. The number of nitrogens with zero attached hydrogens (tertiary/aromatic N) is 3. The Morgan fingerprint density at radius 3 is 2.18 bits per heavy atom. The number of carbonyl (C=O) groups excluding carboxylic acids is 1. The largest absolute Gasteiger partial charge is 0.371 e. The van der Waals surface area contributed by atoms with E-state index >= 15 is 0 Å². The van der Waals surface area contributed by atoms with Crippen LogP contribution in [0.1, 0.15) is 67.2 Å². The predicted molar refractivity (Wildman–Crippen MR) is 119 cm³/mol. The predicted octanol–water partition coefficient (Wildman–Crippen LogP) is 5.19. The molecule has 0 atom stereocenters. The Bertz CT molecular complexity index is 657. The molecule has 0 aromatic heterocycles. The minimum absolute atomic E-state index is 0.0757. The van der Waals surface area contributed by atoms with Crippen molar-refractivity contribution in [2.45, 2.75) is 67.2 Å². The topological polar surface area (TPSA) is 35.9 Å². The maximum Gasteiger partial charge on any atom is 0.225 e. The van der Waals surface area contributed by atoms with Gasteiger partial charge in [-0.05, 0) is 51.5 Å². The fourth-order valence-corrected chi connectivity index (χ4v) is 4.10. The van der Waals surface area contributed by atoms with Gasteiger partial charge in [0.25, 0.3) is 0 Å². The summed E-state index contributed by atoms with van der Waals surface area (Å²) in [5.41, 5.74) is 5.18. The molecule has 1 saturated carbocycles. The highest BCUT2D eigenvalue weighted by Crippen LogP contribution is 2.38. The van der Waals surface area contributed by atoms with Crippen LogP contribution in [0.2, 0.25) is 0 Å². The number of allylic oxidation sites excluding steroid dienone is 5. The molecule has 156 valence electrons. The Labute approximate surface area is 172 Å². The second-order valence-corrected chi connectivity index (χ2v) is 8.31. The highest BCUT2D eigenvalue weighted by atomic mass is 16.2. The van der Waals surface area contributed by atoms with E-state index in [0.717, 1.165) is 38.3 Å². The Kier molecular flexibility index (Phi) is 8.53. The molecule has 28 heavy (non-hydrogen) atoms. The lowest BCUT2D eigenvalue weighted by molar-refractivity contribution is -0.135. The van der Waals surface area contributed by atoms with E-state index in [-0.39, 0.29) is 11.8 Å². The SMILES string of the molecule is C\C=C(C(/C(C)=N/C=C/CC)=C(/C)N1CCN(C(=O)C(C)C)CC1)\C1CCC1. The van der Waals surface area contributed by atoms with Crippen LogP contribution in [0.15, 0.2) is 40.2 Å². The van der Waals surface area contributed by atoms with Crippen molar-refractivity contribution in [1.82, 2.24) is 9.80 Å². The monoisotopic (exact) mass is 385 g/mol. The van der Waals surface area contributed by atoms with Crippen molar-refractivity contribution in [2.24, 2.45) is 16.8 Å². The lowest BCUT2D eigenvalue weighted by Gasteiger charge is -2.39. The molecule has 4 heteroatoms. The van der Waals surface area contributed by atoms with Crippen molar-refractivity contribution in [3.63, 3.8) is 0 Å². The van der Waals surface area contributed by atoms with Gasteiger partial charge in [-0.3, -0.25) is 9.79 Å². The molecule has 0 unspecified atom stereocenters. The average Bonchev–Trinajstić information content (AvgIpc) is 2.65. The molecule has 0 aromatic carbocycles. The molecule has 1 heterocycles. The summed E-state index contributed by atoms with van der Waals surface area (Å²) in [7, 11) is 0. The van der Waals surface area contributed by atoms with Gasteiger partial charge in [0.15, 0.2) is 0 Å². The van der Waals surface area contributed by atoms with Crippen molar-refractivity contribution >= 4 is 11.6 Å². The summed E-state index contributed by atoms with van der Waals surface area (Å²) >= 11 is 0. The third kappa shape index (κ3) is 5.36. The van der Waals surface area contributed by atoms with Gasteiger partial charge in [-0.1, -0.05) is 39.3 Å². The van der Waals surface area contributed by atoms with Crippen LogP contribution >= 0.6 is 0 Å². The zero-order valence-electron chi connectivity index (χ0n) is 18.8. The quantitative estimate of drug-likeness (QED) is 0.446. The molecular formula is C24H39N3O. The van der Waals surface area contributed by atoms with E-state index in [9.17, 15) is 4.79 Å². The third-order valence-corrected chi connectivity index (χ3v) is 6.04. The van der Waals surface area contributed by atoms with Crippen LogP contribution in [0, 0.1) is 11.8 Å². The van der Waals surface area contributed by atoms with Gasteiger partial charge in [0.05, 0.1) is 0 Å². The van der Waals surface area contributed by atoms with E-state index in [1.54, 1.807) is 0 Å². The first kappa shape index (κ1) is 22.4. The average molecular weight is 386 g/mol. The van der Waals surface area contributed by atoms with Gasteiger partial charge in [-0.25, -0.2) is 0 Å². The van der Waals surface area contributed by atoms with Crippen molar-refractivity contribution in [3.05, 3.63) is 35.2 Å². The van der Waals surface area contributed by atoms with Crippen LogP contribution in [0.5, 0.6) is 0 Å². The van der Waals surface area contributed by atoms with Crippen molar-refractivity contribution < 1.29 is 4.79 Å². The highest BCUT2D eigenvalue weighted by Gasteiger charge is 2.29. The van der Waals surface area contributed by atoms with E-state index in [1.165, 1.54) is 36.1 Å². The summed E-state index contributed by atoms with van der Waals surface area (Å²) in [4.78, 5) is 21.5. The van der Waals surface area contributed by atoms with Gasteiger partial charge < -0.3 is 9.80 Å². The third-order valence-electron chi connectivity index (χ3n) is 6.04. The van der Waals surface area contributed by atoms with Crippen LogP contribution in [0.4, 0.5) is 0 Å². The standard InChI is InChI=1S/C24H39N3O/c1-7-9-13-25-19(5)23(22(8-2)21-11-10-12-21)20(6)26-14-16-27(17-15-26)24(28)18(3)4/h8-9,13,18,21H,7,10-12,14-17H2,1-6H3/b13-9+,22-8-,23-20-,25-19+. The minimum Gasteiger partial charge on any atom is -0.371 e. The van der Waals surface area contributed by atoms with Crippen LogP contribution in [0.25, 0.3) is 0 Å². The molecule has 0 N–H and O–H groups in total. The van der Waals surface area contributed by atoms with E-state index in [4.69, 9.17) is 4.99 Å². The summed E-state index contributed by atoms with van der Waals surface area (Å²) in [5.74, 6) is 1.01. The van der Waals surface area contributed by atoms with Crippen LogP contribution < -0.4 is 0 Å². The van der Waals surface area contributed by atoms with E-state index in [0.29, 0.717) is 5.92 Å². The van der Waals surface area contributed by atoms with Crippen LogP contribution in [-0.4, -0.2) is 47.6 Å². The number of hydrogen-bond acceptors (Lipinski definition) is 3. The number of amides is 1. The van der Waals surface area contributed by atoms with Gasteiger partial charge >= 0.3 is 0 Å². The second kappa shape index (κ2) is 10.6. The highest BCUT2D eigenvalue weighted by molar-refractivity contribution is 6.03. The van der Waals surface area contributed by atoms with Crippen molar-refractivity contribution in [1.29, 1.82) is 0 Å². The molecule has 2 aliphatic rings. The number of piperazine rings is 1. The first-order valence-corrected chi connectivity index (χ1v) is 11.0. The first-order chi connectivity index (χ1) is 13.4. The maximum atomic E-state index is 12.3. The van der Waals surface area contributed by atoms with E-state index < -0.39 is 0 Å². The van der Waals surface area contributed by atoms with E-state index in [1.807, 2.05) is 24.9 Å². The molecule has 2 fully saturated rings. The molecule has 1 aliphatic carbocycles. The summed E-state index contributed by atoms with van der Waals surface area (Å²) < 4.78 is 0. The molecule has 0 spiro atoms. The van der Waals surface area contributed by atoms with Gasteiger partial charge in [0, 0.05) is 55.3 Å². The summed E-state index contributed by atoms with van der Waals surface area (Å²) in [6.45, 7) is 16.0. The van der Waals surface area contributed by atoms with Crippen molar-refractivity contribution in [2.75, 3.05) is 26.2 Å². The zero-order valence-corrected chi connectivity index (χ0v) is 18.8. The molecule has 0 radical (unpaired) electrons. The number of hydrogen-bond donors (Lipinski definition) is 0. The molecule has 1 aliphatic heterocycles. The molecule has 2 rings (SSSR count). The summed E-state index contributed by atoms with van der Waals surface area (Å²) in [6.07, 6.45) is 11.2. The molecule has 1 amide bonds. The number of carbonyl (C=O) groups is 1. The van der Waals surface area contributed by atoms with Gasteiger partial charge in [0.1, 0.15) is 0 Å². The molecule has 0 aromatic rings. The lowest BCUT2D eigenvalue weighted by Crippen LogP contribution is -2.49.